The second-order valence-electron chi connectivity index (χ2n) is 3.40. The molecule has 0 amide bonds. The van der Waals surface area contributed by atoms with Crippen molar-refractivity contribution in [1.29, 1.82) is 0 Å². The lowest BCUT2D eigenvalue weighted by Crippen LogP contribution is -2.41. The van der Waals surface area contributed by atoms with Gasteiger partial charge in [0.1, 0.15) is 0 Å². The first-order valence-electron chi connectivity index (χ1n) is 4.27. The van der Waals surface area contributed by atoms with Gasteiger partial charge in [-0.1, -0.05) is 0 Å². The van der Waals surface area contributed by atoms with Crippen LogP contribution < -0.4 is 5.32 Å². The number of aliphatic hydroxyl groups excluding tert-OH is 2. The van der Waals surface area contributed by atoms with Crippen molar-refractivity contribution in [3.8, 4) is 0 Å². The predicted molar refractivity (Wildman–Crippen MR) is 43.3 cm³/mol. The van der Waals surface area contributed by atoms with Gasteiger partial charge in [-0.3, -0.25) is 0 Å². The molecular weight excluding hydrogens is 142 g/mol. The van der Waals surface area contributed by atoms with Crippen molar-refractivity contribution < 1.29 is 10.2 Å². The normalized spacial score (nSPS) is 35.2. The first-order chi connectivity index (χ1) is 5.20. The van der Waals surface area contributed by atoms with Crippen molar-refractivity contribution >= 4 is 0 Å². The topological polar surface area (TPSA) is 52.5 Å². The van der Waals surface area contributed by atoms with Crippen molar-refractivity contribution in [2.75, 3.05) is 13.1 Å². The summed E-state index contributed by atoms with van der Waals surface area (Å²) < 4.78 is 0. The Hall–Kier alpha value is -0.120. The van der Waals surface area contributed by atoms with Crippen LogP contribution in [-0.4, -0.2) is 35.5 Å². The molecule has 0 saturated carbocycles. The molecule has 0 radical (unpaired) electrons. The Morgan fingerprint density at radius 2 is 2.36 bits per heavy atom. The Balaban J connectivity index is 2.29. The lowest BCUT2D eigenvalue weighted by molar-refractivity contribution is 0.0477. The number of hydrogen-bond acceptors (Lipinski definition) is 3. The van der Waals surface area contributed by atoms with E-state index in [4.69, 9.17) is 5.11 Å². The summed E-state index contributed by atoms with van der Waals surface area (Å²) in [5, 5.41) is 21.6. The van der Waals surface area contributed by atoms with Crippen molar-refractivity contribution in [2.45, 2.75) is 32.0 Å². The molecule has 0 spiro atoms. The van der Waals surface area contributed by atoms with Gasteiger partial charge >= 0.3 is 0 Å². The molecule has 1 saturated heterocycles. The van der Waals surface area contributed by atoms with Crippen molar-refractivity contribution in [3.05, 3.63) is 0 Å². The number of aliphatic hydroxyl groups is 2. The molecule has 1 rings (SSSR count). The molecule has 1 heterocycles. The zero-order valence-corrected chi connectivity index (χ0v) is 6.95. The highest BCUT2D eigenvalue weighted by atomic mass is 16.3. The van der Waals surface area contributed by atoms with Crippen LogP contribution in [0.1, 0.15) is 19.8 Å². The molecule has 0 bridgehead atoms. The smallest absolute Gasteiger partial charge is 0.0694 e. The summed E-state index contributed by atoms with van der Waals surface area (Å²) in [6, 6.07) is 0. The van der Waals surface area contributed by atoms with Crippen LogP contribution in [0, 0.1) is 5.92 Å². The van der Waals surface area contributed by atoms with Gasteiger partial charge in [-0.05, 0) is 32.2 Å². The fourth-order valence-corrected chi connectivity index (χ4v) is 1.61. The third kappa shape index (κ3) is 2.77. The molecular formula is C8H17NO2. The number of nitrogens with one attached hydrogen (secondary N) is 1. The van der Waals surface area contributed by atoms with Crippen LogP contribution in [0.5, 0.6) is 0 Å². The number of β-amino-alcohol motifs (C(OH)–C–C–N with tert-alkyl or cyclic N) is 1. The third-order valence-electron chi connectivity index (χ3n) is 2.23. The average Bonchev–Trinajstić information content (AvgIpc) is 1.93. The van der Waals surface area contributed by atoms with Gasteiger partial charge in [0.2, 0.25) is 0 Å². The Labute approximate surface area is 67.4 Å². The van der Waals surface area contributed by atoms with Gasteiger partial charge in [-0.25, -0.2) is 0 Å². The molecule has 3 unspecified atom stereocenters. The van der Waals surface area contributed by atoms with Gasteiger partial charge in [0.05, 0.1) is 12.2 Å². The summed E-state index contributed by atoms with van der Waals surface area (Å²) >= 11 is 0. The maximum Gasteiger partial charge on any atom is 0.0694 e. The van der Waals surface area contributed by atoms with Gasteiger partial charge in [-0.15, -0.1) is 0 Å². The zero-order chi connectivity index (χ0) is 8.27. The largest absolute Gasteiger partial charge is 0.393 e. The standard InChI is InChI=1S/C8H17NO2/c1-6(10)4-7-2-3-9-5-8(7)11/h6-11H,2-5H2,1H3. The van der Waals surface area contributed by atoms with E-state index in [2.05, 4.69) is 5.32 Å². The SMILES string of the molecule is CC(O)CC1CCNCC1O. The molecule has 3 nitrogen and oxygen atoms in total. The molecule has 11 heavy (non-hydrogen) atoms. The van der Waals surface area contributed by atoms with E-state index < -0.39 is 0 Å². The highest BCUT2D eigenvalue weighted by molar-refractivity contribution is 4.78. The molecule has 1 fully saturated rings. The third-order valence-corrected chi connectivity index (χ3v) is 2.23. The minimum atomic E-state index is -0.284. The molecule has 1 aliphatic heterocycles. The summed E-state index contributed by atoms with van der Waals surface area (Å²) in [4.78, 5) is 0. The van der Waals surface area contributed by atoms with Crippen LogP contribution in [0.4, 0.5) is 0 Å². The van der Waals surface area contributed by atoms with Crippen LogP contribution in [0.3, 0.4) is 0 Å². The van der Waals surface area contributed by atoms with Crippen LogP contribution in [0.2, 0.25) is 0 Å². The Morgan fingerprint density at radius 1 is 1.64 bits per heavy atom. The molecule has 0 aliphatic carbocycles. The van der Waals surface area contributed by atoms with Gasteiger partial charge in [0.15, 0.2) is 0 Å². The highest BCUT2D eigenvalue weighted by Crippen LogP contribution is 2.18. The van der Waals surface area contributed by atoms with E-state index in [1.807, 2.05) is 0 Å². The van der Waals surface area contributed by atoms with Crippen molar-refractivity contribution in [1.82, 2.24) is 5.32 Å². The summed E-state index contributed by atoms with van der Waals surface area (Å²) in [5.41, 5.74) is 0. The van der Waals surface area contributed by atoms with Crippen molar-refractivity contribution in [2.24, 2.45) is 5.92 Å². The molecule has 3 N–H and O–H groups in total. The molecule has 0 aromatic rings. The second-order valence-corrected chi connectivity index (χ2v) is 3.40. The van der Waals surface area contributed by atoms with Gasteiger partial charge in [0.25, 0.3) is 0 Å². The number of piperidine rings is 1. The number of hydrogen-bond donors (Lipinski definition) is 3. The van der Waals surface area contributed by atoms with Crippen LogP contribution >= 0.6 is 0 Å². The second kappa shape index (κ2) is 4.04. The van der Waals surface area contributed by atoms with Gasteiger partial charge in [0, 0.05) is 6.54 Å². The van der Waals surface area contributed by atoms with Crippen LogP contribution in [0.25, 0.3) is 0 Å². The molecule has 66 valence electrons. The lowest BCUT2D eigenvalue weighted by atomic mass is 9.90. The highest BCUT2D eigenvalue weighted by Gasteiger charge is 2.23. The predicted octanol–water partition coefficient (Wildman–Crippen LogP) is -0.272. The fourth-order valence-electron chi connectivity index (χ4n) is 1.61. The molecule has 1 aliphatic rings. The molecule has 0 aromatic carbocycles. The molecule has 3 heteroatoms. The van der Waals surface area contributed by atoms with Gasteiger partial charge < -0.3 is 15.5 Å². The summed E-state index contributed by atoms with van der Waals surface area (Å²) in [7, 11) is 0. The van der Waals surface area contributed by atoms with Gasteiger partial charge in [-0.2, -0.15) is 0 Å². The van der Waals surface area contributed by atoms with E-state index in [0.717, 1.165) is 19.4 Å². The fraction of sp³-hybridized carbons (Fsp3) is 1.00. The minimum absolute atomic E-state index is 0.265. The Kier molecular flexibility index (Phi) is 3.30. The monoisotopic (exact) mass is 159 g/mol. The Morgan fingerprint density at radius 3 is 2.91 bits per heavy atom. The number of rotatable bonds is 2. The van der Waals surface area contributed by atoms with E-state index in [1.165, 1.54) is 0 Å². The first kappa shape index (κ1) is 8.97. The molecule has 0 aromatic heterocycles. The summed E-state index contributed by atoms with van der Waals surface area (Å²) in [6.07, 6.45) is 1.15. The minimum Gasteiger partial charge on any atom is -0.393 e. The summed E-state index contributed by atoms with van der Waals surface area (Å²) in [6.45, 7) is 3.42. The van der Waals surface area contributed by atoms with Crippen LogP contribution in [0.15, 0.2) is 0 Å². The van der Waals surface area contributed by atoms with E-state index in [-0.39, 0.29) is 18.1 Å². The van der Waals surface area contributed by atoms with E-state index in [1.54, 1.807) is 6.92 Å². The quantitative estimate of drug-likeness (QED) is 0.520. The van der Waals surface area contributed by atoms with Crippen LogP contribution in [-0.2, 0) is 0 Å². The average molecular weight is 159 g/mol. The van der Waals surface area contributed by atoms with E-state index in [9.17, 15) is 5.11 Å². The Bertz CT molecular complexity index is 117. The summed E-state index contributed by atoms with van der Waals surface area (Å²) in [5.74, 6) is 0.288. The van der Waals surface area contributed by atoms with E-state index in [0.29, 0.717) is 6.54 Å². The maximum absolute atomic E-state index is 9.44. The first-order valence-corrected chi connectivity index (χ1v) is 4.27. The van der Waals surface area contributed by atoms with Crippen molar-refractivity contribution in [3.63, 3.8) is 0 Å². The molecule has 3 atom stereocenters. The maximum atomic E-state index is 9.44. The zero-order valence-electron chi connectivity index (χ0n) is 6.95. The lowest BCUT2D eigenvalue weighted by Gasteiger charge is -2.29. The van der Waals surface area contributed by atoms with E-state index >= 15 is 0 Å².